The molecule has 5 heteroatoms. The predicted molar refractivity (Wildman–Crippen MR) is 127 cm³/mol. The summed E-state index contributed by atoms with van der Waals surface area (Å²) < 4.78 is 5.60. The number of hydrogen-bond donors (Lipinski definition) is 0. The number of benzene rings is 1. The first-order chi connectivity index (χ1) is 15.2. The van der Waals surface area contributed by atoms with Gasteiger partial charge in [-0.15, -0.1) is 0 Å². The van der Waals surface area contributed by atoms with E-state index in [0.29, 0.717) is 36.1 Å². The van der Waals surface area contributed by atoms with Crippen molar-refractivity contribution >= 4 is 11.9 Å². The van der Waals surface area contributed by atoms with Crippen LogP contribution in [-0.4, -0.2) is 36.0 Å². The average molecular weight is 437 g/mol. The summed E-state index contributed by atoms with van der Waals surface area (Å²) in [7, 11) is 0. The fourth-order valence-electron chi connectivity index (χ4n) is 4.24. The second-order valence-corrected chi connectivity index (χ2v) is 9.23. The SMILES string of the molecule is C=C(C)C(=O)OC1CCCC(C(C)CN(C/C=C/C#N)C(=O)c2cccc(C(C)C)c2)C1. The topological polar surface area (TPSA) is 70.4 Å². The van der Waals surface area contributed by atoms with Gasteiger partial charge in [0.15, 0.2) is 0 Å². The van der Waals surface area contributed by atoms with Crippen LogP contribution in [0.2, 0.25) is 0 Å². The number of carbonyl (C=O) groups excluding carboxylic acids is 2. The van der Waals surface area contributed by atoms with E-state index in [2.05, 4.69) is 27.4 Å². The monoisotopic (exact) mass is 436 g/mol. The molecule has 0 aromatic heterocycles. The maximum Gasteiger partial charge on any atom is 0.333 e. The molecule has 0 spiro atoms. The molecule has 3 atom stereocenters. The molecule has 1 aliphatic rings. The Balaban J connectivity index is 2.12. The highest BCUT2D eigenvalue weighted by molar-refractivity contribution is 5.94. The molecule has 1 aromatic carbocycles. The van der Waals surface area contributed by atoms with Gasteiger partial charge in [0.05, 0.1) is 6.07 Å². The van der Waals surface area contributed by atoms with Crippen LogP contribution in [0.1, 0.15) is 75.2 Å². The average Bonchev–Trinajstić information content (AvgIpc) is 2.78. The van der Waals surface area contributed by atoms with Gasteiger partial charge in [-0.25, -0.2) is 4.79 Å². The Morgan fingerprint density at radius 3 is 2.72 bits per heavy atom. The lowest BCUT2D eigenvalue weighted by atomic mass is 9.79. The molecule has 32 heavy (non-hydrogen) atoms. The third kappa shape index (κ3) is 7.37. The summed E-state index contributed by atoms with van der Waals surface area (Å²) in [6.45, 7) is 12.7. The normalized spacial score (nSPS) is 19.4. The van der Waals surface area contributed by atoms with E-state index in [-0.39, 0.29) is 23.9 Å². The molecule has 3 unspecified atom stereocenters. The van der Waals surface area contributed by atoms with Crippen LogP contribution < -0.4 is 0 Å². The summed E-state index contributed by atoms with van der Waals surface area (Å²) in [6, 6.07) is 9.79. The van der Waals surface area contributed by atoms with Gasteiger partial charge in [-0.1, -0.05) is 45.6 Å². The molecule has 0 aliphatic heterocycles. The van der Waals surface area contributed by atoms with Crippen molar-refractivity contribution in [2.75, 3.05) is 13.1 Å². The lowest BCUT2D eigenvalue weighted by Crippen LogP contribution is -2.39. The first-order valence-electron chi connectivity index (χ1n) is 11.5. The van der Waals surface area contributed by atoms with Crippen LogP contribution in [0.15, 0.2) is 48.6 Å². The first kappa shape index (κ1) is 25.4. The van der Waals surface area contributed by atoms with E-state index in [1.165, 1.54) is 6.08 Å². The zero-order valence-electron chi connectivity index (χ0n) is 19.8. The molecule has 172 valence electrons. The Hall–Kier alpha value is -2.87. The van der Waals surface area contributed by atoms with Crippen molar-refractivity contribution in [3.63, 3.8) is 0 Å². The number of ether oxygens (including phenoxy) is 1. The number of allylic oxidation sites excluding steroid dienone is 1. The Morgan fingerprint density at radius 1 is 1.31 bits per heavy atom. The number of rotatable bonds is 9. The minimum atomic E-state index is -0.327. The van der Waals surface area contributed by atoms with Crippen molar-refractivity contribution in [2.24, 2.45) is 11.8 Å². The molecule has 1 fully saturated rings. The van der Waals surface area contributed by atoms with E-state index in [1.807, 2.05) is 35.2 Å². The number of amides is 1. The van der Waals surface area contributed by atoms with Gasteiger partial charge in [0, 0.05) is 30.3 Å². The molecule has 0 heterocycles. The van der Waals surface area contributed by atoms with Gasteiger partial charge in [0.1, 0.15) is 6.10 Å². The summed E-state index contributed by atoms with van der Waals surface area (Å²) >= 11 is 0. The molecule has 0 saturated heterocycles. The Morgan fingerprint density at radius 2 is 2.06 bits per heavy atom. The van der Waals surface area contributed by atoms with Crippen molar-refractivity contribution < 1.29 is 14.3 Å². The highest BCUT2D eigenvalue weighted by Gasteiger charge is 2.30. The van der Waals surface area contributed by atoms with Gasteiger partial charge in [0.2, 0.25) is 0 Å². The highest BCUT2D eigenvalue weighted by atomic mass is 16.5. The second-order valence-electron chi connectivity index (χ2n) is 9.23. The molecule has 1 saturated carbocycles. The molecule has 1 aliphatic carbocycles. The lowest BCUT2D eigenvalue weighted by Gasteiger charge is -2.35. The fraction of sp³-hybridized carbons (Fsp3) is 0.519. The first-order valence-corrected chi connectivity index (χ1v) is 11.5. The summed E-state index contributed by atoms with van der Waals surface area (Å²) in [5.74, 6) is 0.599. The van der Waals surface area contributed by atoms with Crippen molar-refractivity contribution in [2.45, 2.75) is 65.4 Å². The molecular formula is C27H36N2O3. The van der Waals surface area contributed by atoms with E-state index < -0.39 is 0 Å². The standard InChI is InChI=1S/C27H36N2O3/c1-19(2)22-10-8-12-24(16-22)26(30)29(15-7-6-14-28)18-21(5)23-11-9-13-25(17-23)32-27(31)20(3)4/h6-8,10,12,16,19,21,23,25H,3,9,11,13,15,17-18H2,1-2,4-5H3/b7-6+. The van der Waals surface area contributed by atoms with Crippen molar-refractivity contribution in [3.8, 4) is 6.07 Å². The van der Waals surface area contributed by atoms with E-state index in [4.69, 9.17) is 10.00 Å². The van der Waals surface area contributed by atoms with Crippen LogP contribution in [0.5, 0.6) is 0 Å². The van der Waals surface area contributed by atoms with Crippen LogP contribution >= 0.6 is 0 Å². The number of carbonyl (C=O) groups is 2. The van der Waals surface area contributed by atoms with Crippen molar-refractivity contribution in [1.29, 1.82) is 5.26 Å². The molecule has 1 aromatic rings. The van der Waals surface area contributed by atoms with E-state index >= 15 is 0 Å². The van der Waals surface area contributed by atoms with Crippen LogP contribution in [0.4, 0.5) is 0 Å². The third-order valence-electron chi connectivity index (χ3n) is 6.21. The minimum Gasteiger partial charge on any atom is -0.459 e. The molecule has 2 rings (SSSR count). The van der Waals surface area contributed by atoms with Gasteiger partial charge in [-0.2, -0.15) is 5.26 Å². The number of esters is 1. The predicted octanol–water partition coefficient (Wildman–Crippen LogP) is 5.65. The minimum absolute atomic E-state index is 0.0250. The molecule has 0 N–H and O–H groups in total. The number of nitrogens with zero attached hydrogens (tertiary/aromatic N) is 2. The molecule has 5 nitrogen and oxygen atoms in total. The second kappa shape index (κ2) is 12.2. The number of hydrogen-bond acceptors (Lipinski definition) is 4. The van der Waals surface area contributed by atoms with Gasteiger partial charge in [-0.05, 0) is 68.1 Å². The van der Waals surface area contributed by atoms with Gasteiger partial charge < -0.3 is 9.64 Å². The molecule has 0 radical (unpaired) electrons. The van der Waals surface area contributed by atoms with Crippen molar-refractivity contribution in [1.82, 2.24) is 4.90 Å². The Kier molecular flexibility index (Phi) is 9.71. The maximum absolute atomic E-state index is 13.3. The quantitative estimate of drug-likeness (QED) is 0.285. The Labute approximate surface area is 192 Å². The highest BCUT2D eigenvalue weighted by Crippen LogP contribution is 2.33. The van der Waals surface area contributed by atoms with Gasteiger partial charge in [-0.3, -0.25) is 4.79 Å². The van der Waals surface area contributed by atoms with Crippen LogP contribution in [-0.2, 0) is 9.53 Å². The van der Waals surface area contributed by atoms with E-state index in [1.54, 1.807) is 13.0 Å². The zero-order chi connectivity index (χ0) is 23.7. The van der Waals surface area contributed by atoms with Crippen LogP contribution in [0.25, 0.3) is 0 Å². The summed E-state index contributed by atoms with van der Waals surface area (Å²) in [5, 5.41) is 8.87. The van der Waals surface area contributed by atoms with Crippen LogP contribution in [0, 0.1) is 23.2 Å². The summed E-state index contributed by atoms with van der Waals surface area (Å²) in [6.07, 6.45) is 6.80. The fourth-order valence-corrected chi connectivity index (χ4v) is 4.24. The van der Waals surface area contributed by atoms with E-state index in [0.717, 1.165) is 31.2 Å². The molecular weight excluding hydrogens is 400 g/mol. The van der Waals surface area contributed by atoms with Gasteiger partial charge >= 0.3 is 5.97 Å². The summed E-state index contributed by atoms with van der Waals surface area (Å²) in [5.41, 5.74) is 2.22. The van der Waals surface area contributed by atoms with Gasteiger partial charge in [0.25, 0.3) is 5.91 Å². The smallest absolute Gasteiger partial charge is 0.333 e. The summed E-state index contributed by atoms with van der Waals surface area (Å²) in [4.78, 5) is 27.1. The third-order valence-corrected chi connectivity index (χ3v) is 6.21. The molecule has 1 amide bonds. The van der Waals surface area contributed by atoms with E-state index in [9.17, 15) is 9.59 Å². The van der Waals surface area contributed by atoms with Crippen LogP contribution in [0.3, 0.4) is 0 Å². The lowest BCUT2D eigenvalue weighted by molar-refractivity contribution is -0.146. The number of nitriles is 1. The van der Waals surface area contributed by atoms with Crippen molar-refractivity contribution in [3.05, 3.63) is 59.7 Å². The molecule has 0 bridgehead atoms. The largest absolute Gasteiger partial charge is 0.459 e. The Bertz CT molecular complexity index is 881. The zero-order valence-corrected chi connectivity index (χ0v) is 19.8. The maximum atomic E-state index is 13.3.